The van der Waals surface area contributed by atoms with Gasteiger partial charge in [0.25, 0.3) is 0 Å². The number of hydrogen-bond acceptors (Lipinski definition) is 8. The van der Waals surface area contributed by atoms with Crippen LogP contribution in [0.5, 0.6) is 0 Å². The SMILES string of the molecule is Cc1noc(C2CCN(c3nc(-c4ccc(Cl)cc4)nc4nc(-c5ccccc5)oc34)CC2)n1. The maximum absolute atomic E-state index is 6.22. The monoisotopic (exact) mass is 472 g/mol. The molecule has 2 aromatic carbocycles. The molecule has 0 unspecified atom stereocenters. The number of aromatic nitrogens is 5. The molecule has 4 heterocycles. The van der Waals surface area contributed by atoms with Gasteiger partial charge in [-0.1, -0.05) is 35.0 Å². The van der Waals surface area contributed by atoms with Gasteiger partial charge >= 0.3 is 0 Å². The van der Waals surface area contributed by atoms with Gasteiger partial charge in [-0.2, -0.15) is 9.97 Å². The highest BCUT2D eigenvalue weighted by molar-refractivity contribution is 6.30. The first-order valence-corrected chi connectivity index (χ1v) is 11.6. The van der Waals surface area contributed by atoms with Crippen LogP contribution >= 0.6 is 11.6 Å². The van der Waals surface area contributed by atoms with Crippen LogP contribution in [0.4, 0.5) is 5.82 Å². The molecule has 1 fully saturated rings. The summed E-state index contributed by atoms with van der Waals surface area (Å²) in [5.41, 5.74) is 2.88. The van der Waals surface area contributed by atoms with E-state index in [9.17, 15) is 0 Å². The summed E-state index contributed by atoms with van der Waals surface area (Å²) in [7, 11) is 0. The minimum absolute atomic E-state index is 0.236. The Kier molecular flexibility index (Phi) is 5.22. The number of benzene rings is 2. The lowest BCUT2D eigenvalue weighted by molar-refractivity contribution is 0.327. The van der Waals surface area contributed by atoms with E-state index in [4.69, 9.17) is 35.5 Å². The molecule has 8 nitrogen and oxygen atoms in total. The van der Waals surface area contributed by atoms with E-state index in [0.29, 0.717) is 39.7 Å². The number of hydrogen-bond donors (Lipinski definition) is 0. The minimum atomic E-state index is 0.236. The van der Waals surface area contributed by atoms with Gasteiger partial charge in [-0.05, 0) is 56.2 Å². The van der Waals surface area contributed by atoms with Crippen LogP contribution in [0.2, 0.25) is 5.02 Å². The minimum Gasteiger partial charge on any atom is -0.430 e. The third-order valence-electron chi connectivity index (χ3n) is 6.05. The van der Waals surface area contributed by atoms with Crippen LogP contribution in [-0.4, -0.2) is 38.2 Å². The average Bonchev–Trinajstić information content (AvgIpc) is 3.51. The van der Waals surface area contributed by atoms with Crippen molar-refractivity contribution in [3.8, 4) is 22.8 Å². The topological polar surface area (TPSA) is 94.0 Å². The van der Waals surface area contributed by atoms with Crippen LogP contribution in [-0.2, 0) is 0 Å². The van der Waals surface area contributed by atoms with Crippen molar-refractivity contribution in [2.45, 2.75) is 25.7 Å². The smallest absolute Gasteiger partial charge is 0.229 e. The van der Waals surface area contributed by atoms with Crippen LogP contribution in [0.15, 0.2) is 63.5 Å². The van der Waals surface area contributed by atoms with Gasteiger partial charge in [0.15, 0.2) is 17.5 Å². The molecule has 0 bridgehead atoms. The first kappa shape index (κ1) is 20.8. The number of oxazole rings is 1. The van der Waals surface area contributed by atoms with Gasteiger partial charge in [0, 0.05) is 35.2 Å². The summed E-state index contributed by atoms with van der Waals surface area (Å²) in [6.07, 6.45) is 1.76. The zero-order chi connectivity index (χ0) is 23.1. The first-order chi connectivity index (χ1) is 16.6. The van der Waals surface area contributed by atoms with Crippen molar-refractivity contribution in [3.05, 3.63) is 71.3 Å². The Balaban J connectivity index is 1.40. The largest absolute Gasteiger partial charge is 0.430 e. The number of anilines is 1. The zero-order valence-corrected chi connectivity index (χ0v) is 19.2. The summed E-state index contributed by atoms with van der Waals surface area (Å²) in [6, 6.07) is 17.3. The molecule has 0 aliphatic carbocycles. The molecule has 1 aliphatic rings. The second-order valence-corrected chi connectivity index (χ2v) is 8.79. The number of aryl methyl sites for hydroxylation is 1. The molecule has 0 saturated carbocycles. The molecule has 3 aromatic heterocycles. The van der Waals surface area contributed by atoms with E-state index in [1.807, 2.05) is 61.5 Å². The van der Waals surface area contributed by atoms with Crippen LogP contribution in [0, 0.1) is 6.92 Å². The first-order valence-electron chi connectivity index (χ1n) is 11.2. The van der Waals surface area contributed by atoms with E-state index in [-0.39, 0.29) is 5.92 Å². The standard InChI is InChI=1S/C25H21ClN6O2/c1-15-27-25(34-31-15)18-11-13-32(14-12-18)23-20-22(30-24(33-20)17-5-3-2-4-6-17)28-21(29-23)16-7-9-19(26)10-8-16/h2-10,18H,11-14H2,1H3. The lowest BCUT2D eigenvalue weighted by Gasteiger charge is -2.31. The van der Waals surface area contributed by atoms with Crippen molar-refractivity contribution in [3.63, 3.8) is 0 Å². The predicted molar refractivity (Wildman–Crippen MR) is 129 cm³/mol. The van der Waals surface area contributed by atoms with Gasteiger partial charge in [0.2, 0.25) is 23.0 Å². The Morgan fingerprint density at radius 3 is 2.35 bits per heavy atom. The predicted octanol–water partition coefficient (Wildman–Crippen LogP) is 5.68. The normalized spacial score (nSPS) is 14.7. The molecule has 1 saturated heterocycles. The molecule has 0 radical (unpaired) electrons. The van der Waals surface area contributed by atoms with Crippen LogP contribution < -0.4 is 4.90 Å². The van der Waals surface area contributed by atoms with E-state index >= 15 is 0 Å². The summed E-state index contributed by atoms with van der Waals surface area (Å²) in [5.74, 6) is 3.46. The maximum Gasteiger partial charge on any atom is 0.229 e. The molecular weight excluding hydrogens is 452 g/mol. The summed E-state index contributed by atoms with van der Waals surface area (Å²) in [5, 5.41) is 4.60. The molecule has 0 amide bonds. The fourth-order valence-corrected chi connectivity index (χ4v) is 4.40. The fourth-order valence-electron chi connectivity index (χ4n) is 4.27. The van der Waals surface area contributed by atoms with Gasteiger partial charge in [-0.3, -0.25) is 0 Å². The van der Waals surface area contributed by atoms with Gasteiger partial charge in [-0.15, -0.1) is 0 Å². The average molecular weight is 473 g/mol. The lowest BCUT2D eigenvalue weighted by atomic mass is 9.97. The highest BCUT2D eigenvalue weighted by Gasteiger charge is 2.28. The number of fused-ring (bicyclic) bond motifs is 1. The number of piperidine rings is 1. The Bertz CT molecular complexity index is 1440. The summed E-state index contributed by atoms with van der Waals surface area (Å²) in [4.78, 5) is 21.0. The van der Waals surface area contributed by atoms with Gasteiger partial charge < -0.3 is 13.8 Å². The maximum atomic E-state index is 6.22. The zero-order valence-electron chi connectivity index (χ0n) is 18.5. The van der Waals surface area contributed by atoms with Crippen molar-refractivity contribution in [2.24, 2.45) is 0 Å². The van der Waals surface area contributed by atoms with E-state index in [1.165, 1.54) is 0 Å². The van der Waals surface area contributed by atoms with Crippen molar-refractivity contribution >= 4 is 28.6 Å². The molecule has 0 atom stereocenters. The Morgan fingerprint density at radius 2 is 1.65 bits per heavy atom. The quantitative estimate of drug-likeness (QED) is 0.329. The third-order valence-corrected chi connectivity index (χ3v) is 6.30. The highest BCUT2D eigenvalue weighted by atomic mass is 35.5. The van der Waals surface area contributed by atoms with Crippen molar-refractivity contribution in [1.29, 1.82) is 0 Å². The highest BCUT2D eigenvalue weighted by Crippen LogP contribution is 2.35. The fraction of sp³-hybridized carbons (Fsp3) is 0.240. The Morgan fingerprint density at radius 1 is 0.882 bits per heavy atom. The van der Waals surface area contributed by atoms with Crippen molar-refractivity contribution in [2.75, 3.05) is 18.0 Å². The molecule has 6 rings (SSSR count). The van der Waals surface area contributed by atoms with Gasteiger partial charge in [0.1, 0.15) is 0 Å². The van der Waals surface area contributed by atoms with E-state index in [2.05, 4.69) is 15.0 Å². The molecule has 0 spiro atoms. The summed E-state index contributed by atoms with van der Waals surface area (Å²) < 4.78 is 11.6. The van der Waals surface area contributed by atoms with Crippen LogP contribution in [0.3, 0.4) is 0 Å². The summed E-state index contributed by atoms with van der Waals surface area (Å²) >= 11 is 6.09. The summed E-state index contributed by atoms with van der Waals surface area (Å²) in [6.45, 7) is 3.39. The van der Waals surface area contributed by atoms with E-state index in [1.54, 1.807) is 0 Å². The molecule has 9 heteroatoms. The van der Waals surface area contributed by atoms with E-state index < -0.39 is 0 Å². The molecule has 5 aromatic rings. The van der Waals surface area contributed by atoms with E-state index in [0.717, 1.165) is 42.9 Å². The number of rotatable bonds is 4. The molecule has 1 aliphatic heterocycles. The van der Waals surface area contributed by atoms with Crippen molar-refractivity contribution in [1.82, 2.24) is 25.1 Å². The van der Waals surface area contributed by atoms with Crippen molar-refractivity contribution < 1.29 is 8.94 Å². The third kappa shape index (κ3) is 3.90. The molecule has 0 N–H and O–H groups in total. The Labute approximate surface area is 200 Å². The van der Waals surface area contributed by atoms with Gasteiger partial charge in [0.05, 0.1) is 0 Å². The number of halogens is 1. The second kappa shape index (κ2) is 8.53. The van der Waals surface area contributed by atoms with Crippen LogP contribution in [0.25, 0.3) is 34.1 Å². The van der Waals surface area contributed by atoms with Gasteiger partial charge in [-0.25, -0.2) is 9.97 Å². The molecule has 170 valence electrons. The van der Waals surface area contributed by atoms with Crippen LogP contribution in [0.1, 0.15) is 30.5 Å². The molecular formula is C25H21ClN6O2. The lowest BCUT2D eigenvalue weighted by Crippen LogP contribution is -2.33. The molecule has 34 heavy (non-hydrogen) atoms. The Hall–Kier alpha value is -3.78. The number of nitrogens with zero attached hydrogens (tertiary/aromatic N) is 6. The second-order valence-electron chi connectivity index (χ2n) is 8.36.